The third-order valence-electron chi connectivity index (χ3n) is 5.21. The lowest BCUT2D eigenvalue weighted by Crippen LogP contribution is -2.48. The average molecular weight is 286 g/mol. The molecule has 3 atom stereocenters. The summed E-state index contributed by atoms with van der Waals surface area (Å²) in [5.41, 5.74) is 4.44. The Kier molecular flexibility index (Phi) is 3.08. The first-order valence-corrected chi connectivity index (χ1v) is 8.95. The molecule has 106 valence electrons. The number of piperidine rings is 1. The summed E-state index contributed by atoms with van der Waals surface area (Å²) in [6, 6.07) is 7.50. The summed E-state index contributed by atoms with van der Waals surface area (Å²) in [5, 5.41) is 1.52. The van der Waals surface area contributed by atoms with Crippen LogP contribution in [-0.2, 0) is 6.42 Å². The van der Waals surface area contributed by atoms with Crippen LogP contribution in [0.2, 0.25) is 0 Å². The fourth-order valence-corrected chi connectivity index (χ4v) is 5.12. The molecule has 1 aromatic heterocycles. The van der Waals surface area contributed by atoms with Gasteiger partial charge in [0.1, 0.15) is 0 Å². The maximum absolute atomic E-state index is 3.46. The number of benzene rings is 1. The normalized spacial score (nSPS) is 29.6. The Morgan fingerprint density at radius 3 is 3.15 bits per heavy atom. The highest BCUT2D eigenvalue weighted by Crippen LogP contribution is 2.44. The van der Waals surface area contributed by atoms with Gasteiger partial charge in [0, 0.05) is 35.6 Å². The van der Waals surface area contributed by atoms with Crippen molar-refractivity contribution in [2.75, 3.05) is 25.6 Å². The van der Waals surface area contributed by atoms with Crippen LogP contribution in [0.4, 0.5) is 0 Å². The lowest BCUT2D eigenvalue weighted by Gasteiger charge is -2.45. The number of thioether (sulfide) groups is 1. The maximum Gasteiger partial charge on any atom is 0.0459 e. The van der Waals surface area contributed by atoms with E-state index in [4.69, 9.17) is 0 Å². The van der Waals surface area contributed by atoms with E-state index < -0.39 is 0 Å². The Hall–Kier alpha value is -0.930. The number of nitrogens with one attached hydrogen (secondary N) is 1. The van der Waals surface area contributed by atoms with Gasteiger partial charge < -0.3 is 9.88 Å². The third-order valence-corrected chi connectivity index (χ3v) is 6.02. The second kappa shape index (κ2) is 4.81. The topological polar surface area (TPSA) is 19.0 Å². The molecule has 1 saturated heterocycles. The molecule has 0 spiro atoms. The van der Waals surface area contributed by atoms with Crippen LogP contribution in [0.5, 0.6) is 0 Å². The van der Waals surface area contributed by atoms with Crippen LogP contribution in [-0.4, -0.2) is 41.5 Å². The minimum atomic E-state index is 0.696. The Balaban J connectivity index is 1.79. The van der Waals surface area contributed by atoms with Crippen molar-refractivity contribution >= 4 is 22.7 Å². The quantitative estimate of drug-likeness (QED) is 0.911. The molecule has 2 aliphatic rings. The lowest BCUT2D eigenvalue weighted by molar-refractivity contribution is 0.121. The Labute approximate surface area is 124 Å². The van der Waals surface area contributed by atoms with E-state index in [1.807, 2.05) is 11.8 Å². The summed E-state index contributed by atoms with van der Waals surface area (Å²) in [7, 11) is 2.32. The zero-order valence-electron chi connectivity index (χ0n) is 12.2. The van der Waals surface area contributed by atoms with E-state index in [1.165, 1.54) is 41.6 Å². The molecule has 0 bridgehead atoms. The van der Waals surface area contributed by atoms with Crippen LogP contribution in [0.25, 0.3) is 10.9 Å². The molecule has 0 saturated carbocycles. The molecule has 1 aliphatic carbocycles. The standard InChI is InChI=1S/C17H22N2S/c1-19-9-11(10-20-2)6-14-13-4-3-5-15-17(13)12(8-18-15)7-16(14)19/h3-5,8,11,14,16,18H,6-7,9-10H2,1-2H3/t11?,14-,16-/m1/s1. The van der Waals surface area contributed by atoms with Gasteiger partial charge in [0.2, 0.25) is 0 Å². The van der Waals surface area contributed by atoms with Gasteiger partial charge in [-0.2, -0.15) is 11.8 Å². The molecule has 0 radical (unpaired) electrons. The van der Waals surface area contributed by atoms with Crippen molar-refractivity contribution in [2.24, 2.45) is 5.92 Å². The van der Waals surface area contributed by atoms with Gasteiger partial charge in [-0.05, 0) is 55.0 Å². The number of hydrogen-bond acceptors (Lipinski definition) is 2. The predicted octanol–water partition coefficient (Wildman–Crippen LogP) is 3.49. The molecule has 1 aliphatic heterocycles. The molecule has 2 nitrogen and oxygen atoms in total. The van der Waals surface area contributed by atoms with E-state index >= 15 is 0 Å². The van der Waals surface area contributed by atoms with E-state index in [-0.39, 0.29) is 0 Å². The van der Waals surface area contributed by atoms with Crippen LogP contribution in [0, 0.1) is 5.92 Å². The summed E-state index contributed by atoms with van der Waals surface area (Å²) >= 11 is 2.00. The van der Waals surface area contributed by atoms with Gasteiger partial charge in [0.25, 0.3) is 0 Å². The largest absolute Gasteiger partial charge is 0.361 e. The Bertz CT molecular complexity index is 633. The summed E-state index contributed by atoms with van der Waals surface area (Å²) in [6.07, 6.45) is 7.04. The van der Waals surface area contributed by atoms with Gasteiger partial charge in [0.05, 0.1) is 0 Å². The first-order chi connectivity index (χ1) is 9.78. The number of H-pyrrole nitrogens is 1. The van der Waals surface area contributed by atoms with E-state index in [9.17, 15) is 0 Å². The molecular formula is C17H22N2S. The third kappa shape index (κ3) is 1.83. The van der Waals surface area contributed by atoms with E-state index in [0.29, 0.717) is 6.04 Å². The lowest BCUT2D eigenvalue weighted by atomic mass is 9.73. The van der Waals surface area contributed by atoms with Crippen molar-refractivity contribution in [1.82, 2.24) is 9.88 Å². The predicted molar refractivity (Wildman–Crippen MR) is 87.7 cm³/mol. The van der Waals surface area contributed by atoms with Gasteiger partial charge in [-0.3, -0.25) is 0 Å². The monoisotopic (exact) mass is 286 g/mol. The molecule has 20 heavy (non-hydrogen) atoms. The van der Waals surface area contributed by atoms with Crippen LogP contribution >= 0.6 is 11.8 Å². The van der Waals surface area contributed by atoms with E-state index in [0.717, 1.165) is 11.8 Å². The van der Waals surface area contributed by atoms with Gasteiger partial charge >= 0.3 is 0 Å². The Morgan fingerprint density at radius 2 is 2.30 bits per heavy atom. The van der Waals surface area contributed by atoms with Gasteiger partial charge in [0.15, 0.2) is 0 Å². The number of aromatic amines is 1. The van der Waals surface area contributed by atoms with Crippen LogP contribution < -0.4 is 0 Å². The average Bonchev–Trinajstić information content (AvgIpc) is 2.86. The van der Waals surface area contributed by atoms with Gasteiger partial charge in [-0.15, -0.1) is 0 Å². The number of rotatable bonds is 2. The summed E-state index contributed by atoms with van der Waals surface area (Å²) in [4.78, 5) is 6.07. The molecule has 3 heteroatoms. The van der Waals surface area contributed by atoms with Crippen LogP contribution in [0.3, 0.4) is 0 Å². The SMILES string of the molecule is CSCC1C[C@@H]2c3cccc4[nH]cc(c34)C[C@H]2N(C)C1. The number of aromatic nitrogens is 1. The Morgan fingerprint density at radius 1 is 1.40 bits per heavy atom. The smallest absolute Gasteiger partial charge is 0.0459 e. The molecule has 2 aromatic rings. The molecule has 1 aromatic carbocycles. The zero-order chi connectivity index (χ0) is 13.7. The summed E-state index contributed by atoms with van der Waals surface area (Å²) in [6.45, 7) is 1.26. The number of fused-ring (bicyclic) bond motifs is 2. The van der Waals surface area contributed by atoms with E-state index in [2.05, 4.69) is 47.6 Å². The minimum Gasteiger partial charge on any atom is -0.361 e. The highest BCUT2D eigenvalue weighted by molar-refractivity contribution is 7.98. The molecular weight excluding hydrogens is 264 g/mol. The summed E-state index contributed by atoms with van der Waals surface area (Å²) in [5.74, 6) is 2.86. The van der Waals surface area contributed by atoms with Crippen molar-refractivity contribution in [3.63, 3.8) is 0 Å². The second-order valence-electron chi connectivity index (χ2n) is 6.46. The number of likely N-dealkylation sites (tertiary alicyclic amines) is 1. The van der Waals surface area contributed by atoms with Crippen molar-refractivity contribution < 1.29 is 0 Å². The van der Waals surface area contributed by atoms with Crippen LogP contribution in [0.1, 0.15) is 23.5 Å². The fraction of sp³-hybridized carbons (Fsp3) is 0.529. The van der Waals surface area contributed by atoms with E-state index in [1.54, 1.807) is 5.56 Å². The second-order valence-corrected chi connectivity index (χ2v) is 7.37. The number of hydrogen-bond donors (Lipinski definition) is 1. The van der Waals surface area contributed by atoms with Crippen LogP contribution in [0.15, 0.2) is 24.4 Å². The molecule has 1 N–H and O–H groups in total. The van der Waals surface area contributed by atoms with Crippen molar-refractivity contribution in [1.29, 1.82) is 0 Å². The first kappa shape index (κ1) is 12.8. The molecule has 1 fully saturated rings. The van der Waals surface area contributed by atoms with Gasteiger partial charge in [-0.1, -0.05) is 12.1 Å². The summed E-state index contributed by atoms with van der Waals surface area (Å²) < 4.78 is 0. The molecule has 1 unspecified atom stereocenters. The first-order valence-electron chi connectivity index (χ1n) is 7.56. The number of likely N-dealkylation sites (N-methyl/N-ethyl adjacent to an activating group) is 1. The minimum absolute atomic E-state index is 0.696. The highest BCUT2D eigenvalue weighted by Gasteiger charge is 2.38. The molecule has 4 rings (SSSR count). The number of nitrogens with zero attached hydrogens (tertiary/aromatic N) is 1. The molecule has 2 heterocycles. The fourth-order valence-electron chi connectivity index (χ4n) is 4.41. The maximum atomic E-state index is 3.46. The highest BCUT2D eigenvalue weighted by atomic mass is 32.2. The van der Waals surface area contributed by atoms with Gasteiger partial charge in [-0.25, -0.2) is 0 Å². The van der Waals surface area contributed by atoms with Crippen molar-refractivity contribution in [2.45, 2.75) is 24.8 Å². The molecule has 0 amide bonds. The zero-order valence-corrected chi connectivity index (χ0v) is 13.0. The van der Waals surface area contributed by atoms with Crippen molar-refractivity contribution in [3.05, 3.63) is 35.5 Å². The van der Waals surface area contributed by atoms with Crippen molar-refractivity contribution in [3.8, 4) is 0 Å².